The van der Waals surface area contributed by atoms with E-state index in [4.69, 9.17) is 4.42 Å². The number of hydrogen-bond acceptors (Lipinski definition) is 1. The van der Waals surface area contributed by atoms with Crippen molar-refractivity contribution in [2.24, 2.45) is 0 Å². The van der Waals surface area contributed by atoms with Gasteiger partial charge in [-0.05, 0) is 55.1 Å². The van der Waals surface area contributed by atoms with Gasteiger partial charge < -0.3 is 4.42 Å². The molecular formula is C21H40OS. The van der Waals surface area contributed by atoms with E-state index in [9.17, 15) is 0 Å². The third-order valence-electron chi connectivity index (χ3n) is 4.76. The van der Waals surface area contributed by atoms with E-state index < -0.39 is 10.0 Å². The first-order chi connectivity index (χ1) is 11.2. The first-order valence-corrected chi connectivity index (χ1v) is 12.2. The lowest BCUT2D eigenvalue weighted by atomic mass is 10.2. The summed E-state index contributed by atoms with van der Waals surface area (Å²) in [5.74, 6) is 5.37. The van der Waals surface area contributed by atoms with E-state index >= 15 is 0 Å². The van der Waals surface area contributed by atoms with Crippen LogP contribution in [0.15, 0.2) is 21.6 Å². The second-order valence-electron chi connectivity index (χ2n) is 6.90. The standard InChI is InChI=1S/C21H40OS/c1-5-9-13-14-20-15-16-21(22-20)23(17-10-6-2,18-11-7-3)19-12-8-4/h15-16H,5-14,17-19H2,1-4H3. The predicted molar refractivity (Wildman–Crippen MR) is 107 cm³/mol. The topological polar surface area (TPSA) is 13.1 Å². The summed E-state index contributed by atoms with van der Waals surface area (Å²) in [5, 5.41) is 1.37. The van der Waals surface area contributed by atoms with E-state index in [0.29, 0.717) is 0 Å². The lowest BCUT2D eigenvalue weighted by Crippen LogP contribution is -2.14. The summed E-state index contributed by atoms with van der Waals surface area (Å²) in [5.41, 5.74) is 0. The summed E-state index contributed by atoms with van der Waals surface area (Å²) in [6.07, 6.45) is 13.0. The Balaban J connectivity index is 2.89. The van der Waals surface area contributed by atoms with E-state index in [1.165, 1.54) is 85.9 Å². The molecule has 1 rings (SSSR count). The zero-order valence-electron chi connectivity index (χ0n) is 16.2. The Labute approximate surface area is 146 Å². The smallest absolute Gasteiger partial charge is 0.143 e. The van der Waals surface area contributed by atoms with Gasteiger partial charge in [0.25, 0.3) is 0 Å². The summed E-state index contributed by atoms with van der Waals surface area (Å²) in [6.45, 7) is 9.23. The molecule has 0 atom stereocenters. The molecular weight excluding hydrogens is 300 g/mol. The van der Waals surface area contributed by atoms with E-state index in [0.717, 1.165) is 6.42 Å². The highest BCUT2D eigenvalue weighted by molar-refractivity contribution is 8.33. The number of hydrogen-bond donors (Lipinski definition) is 0. The first kappa shape index (κ1) is 20.7. The van der Waals surface area contributed by atoms with Crippen LogP contribution in [0.25, 0.3) is 0 Å². The Morgan fingerprint density at radius 1 is 0.696 bits per heavy atom. The van der Waals surface area contributed by atoms with Crippen molar-refractivity contribution in [1.82, 2.24) is 0 Å². The predicted octanol–water partition coefficient (Wildman–Crippen LogP) is 7.58. The molecule has 0 saturated heterocycles. The van der Waals surface area contributed by atoms with Crippen molar-refractivity contribution in [2.75, 3.05) is 17.3 Å². The zero-order chi connectivity index (χ0) is 17.0. The summed E-state index contributed by atoms with van der Waals surface area (Å²) >= 11 is 0. The normalized spacial score (nSPS) is 12.7. The molecule has 0 bridgehead atoms. The minimum Gasteiger partial charge on any atom is -0.456 e. The molecule has 136 valence electrons. The highest BCUT2D eigenvalue weighted by Gasteiger charge is 2.28. The second kappa shape index (κ2) is 12.1. The van der Waals surface area contributed by atoms with Gasteiger partial charge in [-0.25, -0.2) is 0 Å². The van der Waals surface area contributed by atoms with Crippen LogP contribution in [0, 0.1) is 0 Å². The molecule has 2 heteroatoms. The van der Waals surface area contributed by atoms with E-state index in [-0.39, 0.29) is 0 Å². The van der Waals surface area contributed by atoms with Gasteiger partial charge >= 0.3 is 0 Å². The molecule has 23 heavy (non-hydrogen) atoms. The zero-order valence-corrected chi connectivity index (χ0v) is 17.0. The lowest BCUT2D eigenvalue weighted by molar-refractivity contribution is 0.420. The molecule has 0 N–H and O–H groups in total. The molecule has 0 unspecified atom stereocenters. The quantitative estimate of drug-likeness (QED) is 0.318. The van der Waals surface area contributed by atoms with Crippen LogP contribution < -0.4 is 0 Å². The molecule has 1 aromatic heterocycles. The summed E-state index contributed by atoms with van der Waals surface area (Å²) < 4.78 is 6.42. The van der Waals surface area contributed by atoms with Gasteiger partial charge in [0.2, 0.25) is 0 Å². The van der Waals surface area contributed by atoms with Gasteiger partial charge in [-0.1, -0.05) is 59.8 Å². The number of rotatable bonds is 14. The maximum atomic E-state index is 6.42. The highest BCUT2D eigenvalue weighted by atomic mass is 32.3. The van der Waals surface area contributed by atoms with Crippen LogP contribution in [-0.2, 0) is 6.42 Å². The monoisotopic (exact) mass is 340 g/mol. The molecule has 0 spiro atoms. The molecule has 0 fully saturated rings. The van der Waals surface area contributed by atoms with Crippen LogP contribution in [-0.4, -0.2) is 17.3 Å². The van der Waals surface area contributed by atoms with Gasteiger partial charge in [0.15, 0.2) is 0 Å². The Morgan fingerprint density at radius 3 is 1.70 bits per heavy atom. The van der Waals surface area contributed by atoms with Crippen LogP contribution in [0.4, 0.5) is 0 Å². The van der Waals surface area contributed by atoms with Gasteiger partial charge in [-0.3, -0.25) is 0 Å². The maximum Gasteiger partial charge on any atom is 0.143 e. The third-order valence-corrected chi connectivity index (χ3v) is 9.04. The number of furan rings is 1. The summed E-state index contributed by atoms with van der Waals surface area (Å²) in [6, 6.07) is 4.62. The van der Waals surface area contributed by atoms with Crippen molar-refractivity contribution in [3.63, 3.8) is 0 Å². The molecule has 0 aliphatic heterocycles. The van der Waals surface area contributed by atoms with Crippen LogP contribution in [0.1, 0.15) is 91.2 Å². The van der Waals surface area contributed by atoms with Gasteiger partial charge in [0.1, 0.15) is 10.9 Å². The van der Waals surface area contributed by atoms with Crippen LogP contribution in [0.2, 0.25) is 0 Å². The lowest BCUT2D eigenvalue weighted by Gasteiger charge is -2.38. The van der Waals surface area contributed by atoms with Crippen molar-refractivity contribution in [3.05, 3.63) is 17.9 Å². The van der Waals surface area contributed by atoms with Crippen molar-refractivity contribution < 1.29 is 4.42 Å². The van der Waals surface area contributed by atoms with Gasteiger partial charge in [0.05, 0.1) is 0 Å². The molecule has 1 heterocycles. The van der Waals surface area contributed by atoms with Crippen molar-refractivity contribution >= 4 is 10.0 Å². The van der Waals surface area contributed by atoms with Crippen LogP contribution in [0.3, 0.4) is 0 Å². The second-order valence-corrected chi connectivity index (χ2v) is 10.6. The highest BCUT2D eigenvalue weighted by Crippen LogP contribution is 2.58. The SMILES string of the molecule is CCCCCc1ccc(S(CCCC)(CCCC)CCCC)o1. The van der Waals surface area contributed by atoms with Crippen molar-refractivity contribution in [3.8, 4) is 0 Å². The Hall–Kier alpha value is -0.370. The molecule has 0 aliphatic carbocycles. The minimum atomic E-state index is -0.738. The molecule has 1 nitrogen and oxygen atoms in total. The fourth-order valence-corrected chi connectivity index (χ4v) is 7.52. The Bertz CT molecular complexity index is 375. The molecule has 1 aromatic rings. The summed E-state index contributed by atoms with van der Waals surface area (Å²) in [7, 11) is -0.738. The van der Waals surface area contributed by atoms with Gasteiger partial charge in [0, 0.05) is 6.42 Å². The molecule has 0 saturated carbocycles. The number of aryl methyl sites for hydroxylation is 1. The summed E-state index contributed by atoms with van der Waals surface area (Å²) in [4.78, 5) is 0. The van der Waals surface area contributed by atoms with E-state index in [1.807, 2.05) is 0 Å². The molecule has 0 amide bonds. The third kappa shape index (κ3) is 6.95. The molecule has 0 aromatic carbocycles. The van der Waals surface area contributed by atoms with Crippen LogP contribution >= 0.6 is 10.0 Å². The van der Waals surface area contributed by atoms with E-state index in [2.05, 4.69) is 39.8 Å². The molecule has 0 aliphatic rings. The Kier molecular flexibility index (Phi) is 10.8. The average Bonchev–Trinajstić information content (AvgIpc) is 3.04. The fourth-order valence-electron chi connectivity index (χ4n) is 3.14. The van der Waals surface area contributed by atoms with Crippen LogP contribution in [0.5, 0.6) is 0 Å². The first-order valence-electron chi connectivity index (χ1n) is 10.1. The van der Waals surface area contributed by atoms with E-state index in [1.54, 1.807) is 0 Å². The minimum absolute atomic E-state index is 0.738. The fraction of sp³-hybridized carbons (Fsp3) is 0.810. The van der Waals surface area contributed by atoms with Crippen molar-refractivity contribution in [2.45, 2.75) is 97.0 Å². The van der Waals surface area contributed by atoms with Crippen molar-refractivity contribution in [1.29, 1.82) is 0 Å². The average molecular weight is 341 g/mol. The van der Waals surface area contributed by atoms with Gasteiger partial charge in [-0.15, -0.1) is 0 Å². The maximum absolute atomic E-state index is 6.42. The molecule has 0 radical (unpaired) electrons. The Morgan fingerprint density at radius 2 is 1.22 bits per heavy atom. The number of unbranched alkanes of at least 4 members (excludes halogenated alkanes) is 5. The van der Waals surface area contributed by atoms with Gasteiger partial charge in [-0.2, -0.15) is 10.0 Å². The largest absolute Gasteiger partial charge is 0.456 e.